The summed E-state index contributed by atoms with van der Waals surface area (Å²) in [5.41, 5.74) is 0.960. The zero-order chi connectivity index (χ0) is 14.2. The Balaban J connectivity index is 2.25. The van der Waals surface area contributed by atoms with Crippen molar-refractivity contribution >= 4 is 39.3 Å². The quantitative estimate of drug-likeness (QED) is 0.819. The number of benzene rings is 1. The first-order chi connectivity index (χ1) is 8.78. The maximum atomic E-state index is 11.8. The van der Waals surface area contributed by atoms with Crippen LogP contribution in [0, 0.1) is 0 Å². The Morgan fingerprint density at radius 2 is 2.21 bits per heavy atom. The van der Waals surface area contributed by atoms with Crippen LogP contribution in [0.4, 0.5) is 10.5 Å². The first-order valence-electron chi connectivity index (χ1n) is 5.91. The number of halogens is 2. The van der Waals surface area contributed by atoms with Crippen molar-refractivity contribution in [2.75, 3.05) is 11.9 Å². The molecular formula is C13H15BrClNO3. The topological polar surface area (TPSA) is 47.6 Å². The highest BCUT2D eigenvalue weighted by Crippen LogP contribution is 2.42. The number of carbonyl (C=O) groups excluding carboxylic acids is 1. The Morgan fingerprint density at radius 3 is 2.84 bits per heavy atom. The molecule has 1 heterocycles. The van der Waals surface area contributed by atoms with E-state index in [4.69, 9.17) is 21.1 Å². The third-order valence-corrected chi connectivity index (χ3v) is 3.93. The fourth-order valence-electron chi connectivity index (χ4n) is 1.81. The fraction of sp³-hybridized carbons (Fsp3) is 0.462. The number of amides is 1. The molecule has 4 nitrogen and oxygen atoms in total. The van der Waals surface area contributed by atoms with Gasteiger partial charge < -0.3 is 9.47 Å². The largest absolute Gasteiger partial charge is 0.491 e. The molecule has 0 atom stereocenters. The van der Waals surface area contributed by atoms with E-state index in [1.54, 1.807) is 6.07 Å². The van der Waals surface area contributed by atoms with E-state index < -0.39 is 11.7 Å². The summed E-state index contributed by atoms with van der Waals surface area (Å²) in [6, 6.07) is 1.65. The molecule has 6 heteroatoms. The summed E-state index contributed by atoms with van der Waals surface area (Å²) in [5.74, 6) is 0.655. The minimum Gasteiger partial charge on any atom is -0.491 e. The number of ether oxygens (including phenoxy) is 2. The lowest BCUT2D eigenvalue weighted by molar-refractivity contribution is 0.0635. The second-order valence-corrected chi connectivity index (χ2v) is 6.45. The van der Waals surface area contributed by atoms with Crippen LogP contribution in [0.1, 0.15) is 26.3 Å². The van der Waals surface area contributed by atoms with Gasteiger partial charge in [0.05, 0.1) is 17.3 Å². The molecule has 2 rings (SSSR count). The van der Waals surface area contributed by atoms with Crippen LogP contribution in [0.3, 0.4) is 0 Å². The van der Waals surface area contributed by atoms with Crippen LogP contribution in [-0.2, 0) is 11.2 Å². The molecule has 1 N–H and O–H groups in total. The lowest BCUT2D eigenvalue weighted by atomic mass is 10.1. The highest BCUT2D eigenvalue weighted by Gasteiger charge is 2.24. The molecule has 0 saturated heterocycles. The molecule has 0 fully saturated rings. The molecule has 0 unspecified atom stereocenters. The van der Waals surface area contributed by atoms with Crippen molar-refractivity contribution < 1.29 is 14.3 Å². The molecule has 0 saturated carbocycles. The van der Waals surface area contributed by atoms with Gasteiger partial charge in [0.25, 0.3) is 0 Å². The number of anilines is 1. The van der Waals surface area contributed by atoms with Crippen molar-refractivity contribution in [1.82, 2.24) is 0 Å². The summed E-state index contributed by atoms with van der Waals surface area (Å²) < 4.78 is 11.6. The van der Waals surface area contributed by atoms with E-state index in [9.17, 15) is 4.79 Å². The average molecular weight is 349 g/mol. The van der Waals surface area contributed by atoms with E-state index >= 15 is 0 Å². The molecule has 19 heavy (non-hydrogen) atoms. The SMILES string of the molecule is CC(C)(C)OC(=O)Nc1cc(Cl)c(Br)c2c1OCC2. The predicted octanol–water partition coefficient (Wildman–Crippen LogP) is 4.38. The van der Waals surface area contributed by atoms with Crippen LogP contribution in [-0.4, -0.2) is 18.3 Å². The molecule has 1 aromatic carbocycles. The monoisotopic (exact) mass is 347 g/mol. The van der Waals surface area contributed by atoms with Gasteiger partial charge in [-0.2, -0.15) is 0 Å². The normalized spacial score (nSPS) is 13.7. The zero-order valence-corrected chi connectivity index (χ0v) is 13.3. The molecule has 0 aliphatic carbocycles. The van der Waals surface area contributed by atoms with Crippen molar-refractivity contribution in [3.8, 4) is 5.75 Å². The Bertz CT molecular complexity index is 526. The third kappa shape index (κ3) is 3.34. The lowest BCUT2D eigenvalue weighted by Gasteiger charge is -2.20. The Morgan fingerprint density at radius 1 is 1.53 bits per heavy atom. The standard InChI is InChI=1S/C13H15BrClNO3/c1-13(2,3)19-12(17)16-9-6-8(15)10(14)7-4-5-18-11(7)9/h6H,4-5H2,1-3H3,(H,16,17). The van der Waals surface area contributed by atoms with Gasteiger partial charge in [0.2, 0.25) is 0 Å². The average Bonchev–Trinajstić information content (AvgIpc) is 2.71. The number of carbonyl (C=O) groups is 1. The summed E-state index contributed by atoms with van der Waals surface area (Å²) in [7, 11) is 0. The third-order valence-electron chi connectivity index (χ3n) is 2.50. The van der Waals surface area contributed by atoms with E-state index in [0.29, 0.717) is 23.1 Å². The minimum absolute atomic E-state index is 0.524. The van der Waals surface area contributed by atoms with E-state index in [2.05, 4.69) is 21.2 Å². The van der Waals surface area contributed by atoms with Gasteiger partial charge in [-0.05, 0) is 42.8 Å². The molecule has 0 bridgehead atoms. The molecular weight excluding hydrogens is 334 g/mol. The Hall–Kier alpha value is -0.940. The Labute approximate surface area is 125 Å². The lowest BCUT2D eigenvalue weighted by Crippen LogP contribution is -2.27. The van der Waals surface area contributed by atoms with Gasteiger partial charge >= 0.3 is 6.09 Å². The van der Waals surface area contributed by atoms with Gasteiger partial charge in [0.15, 0.2) is 0 Å². The highest BCUT2D eigenvalue weighted by atomic mass is 79.9. The van der Waals surface area contributed by atoms with Crippen molar-refractivity contribution in [2.45, 2.75) is 32.8 Å². The number of rotatable bonds is 1. The number of nitrogens with one attached hydrogen (secondary N) is 1. The van der Waals surface area contributed by atoms with Crippen molar-refractivity contribution in [2.24, 2.45) is 0 Å². The molecule has 0 spiro atoms. The maximum Gasteiger partial charge on any atom is 0.412 e. The molecule has 1 amide bonds. The number of hydrogen-bond acceptors (Lipinski definition) is 3. The number of hydrogen-bond donors (Lipinski definition) is 1. The van der Waals surface area contributed by atoms with Gasteiger partial charge in [-0.25, -0.2) is 4.79 Å². The second kappa shape index (κ2) is 5.21. The van der Waals surface area contributed by atoms with E-state index in [-0.39, 0.29) is 0 Å². The number of fused-ring (bicyclic) bond motifs is 1. The molecule has 1 aliphatic heterocycles. The summed E-state index contributed by atoms with van der Waals surface area (Å²) in [4.78, 5) is 11.8. The van der Waals surface area contributed by atoms with Crippen molar-refractivity contribution in [3.05, 3.63) is 21.1 Å². The smallest absolute Gasteiger partial charge is 0.412 e. The van der Waals surface area contributed by atoms with Crippen LogP contribution in [0.25, 0.3) is 0 Å². The van der Waals surface area contributed by atoms with E-state index in [1.165, 1.54) is 0 Å². The highest BCUT2D eigenvalue weighted by molar-refractivity contribution is 9.10. The van der Waals surface area contributed by atoms with Gasteiger partial charge in [0, 0.05) is 16.5 Å². The van der Waals surface area contributed by atoms with Gasteiger partial charge in [-0.15, -0.1) is 0 Å². The molecule has 0 aromatic heterocycles. The summed E-state index contributed by atoms with van der Waals surface area (Å²) in [6.07, 6.45) is 0.239. The second-order valence-electron chi connectivity index (χ2n) is 5.25. The molecule has 1 aromatic rings. The first kappa shape index (κ1) is 14.5. The van der Waals surface area contributed by atoms with Crippen LogP contribution < -0.4 is 10.1 Å². The van der Waals surface area contributed by atoms with Gasteiger partial charge in [-0.1, -0.05) is 11.6 Å². The minimum atomic E-state index is -0.548. The van der Waals surface area contributed by atoms with Crippen molar-refractivity contribution in [1.29, 1.82) is 0 Å². The predicted molar refractivity (Wildman–Crippen MR) is 78.2 cm³/mol. The zero-order valence-electron chi connectivity index (χ0n) is 11.0. The van der Waals surface area contributed by atoms with Crippen LogP contribution in [0.2, 0.25) is 5.02 Å². The summed E-state index contributed by atoms with van der Waals surface area (Å²) in [5, 5.41) is 3.21. The van der Waals surface area contributed by atoms with Crippen LogP contribution in [0.15, 0.2) is 10.5 Å². The molecule has 0 radical (unpaired) electrons. The van der Waals surface area contributed by atoms with Crippen LogP contribution >= 0.6 is 27.5 Å². The van der Waals surface area contributed by atoms with Crippen LogP contribution in [0.5, 0.6) is 5.75 Å². The van der Waals surface area contributed by atoms with E-state index in [1.807, 2.05) is 20.8 Å². The maximum absolute atomic E-state index is 11.8. The molecule has 104 valence electrons. The van der Waals surface area contributed by atoms with Gasteiger partial charge in [-0.3, -0.25) is 5.32 Å². The summed E-state index contributed by atoms with van der Waals surface area (Å²) in [6.45, 7) is 6.00. The Kier molecular flexibility index (Phi) is 3.97. The van der Waals surface area contributed by atoms with E-state index in [0.717, 1.165) is 16.5 Å². The molecule has 1 aliphatic rings. The van der Waals surface area contributed by atoms with Gasteiger partial charge in [0.1, 0.15) is 11.4 Å². The summed E-state index contributed by atoms with van der Waals surface area (Å²) >= 11 is 9.54. The fourth-order valence-corrected chi connectivity index (χ4v) is 2.53. The van der Waals surface area contributed by atoms with Crippen molar-refractivity contribution in [3.63, 3.8) is 0 Å². The first-order valence-corrected chi connectivity index (χ1v) is 7.09.